The van der Waals surface area contributed by atoms with Crippen molar-refractivity contribution in [2.45, 2.75) is 103 Å². The minimum Gasteiger partial charge on any atom is -0.389 e. The van der Waals surface area contributed by atoms with Crippen molar-refractivity contribution in [3.8, 4) is 0 Å². The number of oxime groups is 1. The van der Waals surface area contributed by atoms with Gasteiger partial charge in [0.15, 0.2) is 5.65 Å². The van der Waals surface area contributed by atoms with Crippen LogP contribution in [0.3, 0.4) is 0 Å². The Bertz CT molecular complexity index is 919. The molecule has 0 amide bonds. The van der Waals surface area contributed by atoms with Crippen LogP contribution in [0, 0.1) is 6.92 Å². The second kappa shape index (κ2) is 7.62. The normalized spacial score (nSPS) is 22.1. The number of aryl methyl sites for hydroxylation is 2. The molecule has 156 valence electrons. The van der Waals surface area contributed by atoms with Gasteiger partial charge in [0.25, 0.3) is 0 Å². The molecule has 2 aromatic rings. The molecule has 0 radical (unpaired) electrons. The Balaban J connectivity index is 1.56. The van der Waals surface area contributed by atoms with Crippen molar-refractivity contribution in [1.29, 1.82) is 0 Å². The lowest BCUT2D eigenvalue weighted by molar-refractivity contribution is -0.0449. The van der Waals surface area contributed by atoms with Gasteiger partial charge in [0.1, 0.15) is 5.60 Å². The number of fused-ring (bicyclic) bond motifs is 1. The van der Waals surface area contributed by atoms with Gasteiger partial charge < -0.3 is 10.2 Å². The van der Waals surface area contributed by atoms with E-state index in [0.717, 1.165) is 53.8 Å². The van der Waals surface area contributed by atoms with Crippen molar-refractivity contribution in [3.05, 3.63) is 17.5 Å². The summed E-state index contributed by atoms with van der Waals surface area (Å²) in [5.41, 5.74) is 5.32. The van der Waals surface area contributed by atoms with Gasteiger partial charge in [-0.1, -0.05) is 30.8 Å². The van der Waals surface area contributed by atoms with Crippen molar-refractivity contribution in [1.82, 2.24) is 14.8 Å². The molecule has 2 aliphatic carbocycles. The SMILES string of the molecule is CCn1ncc2c(NC3CCCCC3)c(C3=NOC4(CCCCC4)C3)c(C)nc21. The summed E-state index contributed by atoms with van der Waals surface area (Å²) in [5.74, 6) is 0. The van der Waals surface area contributed by atoms with Gasteiger partial charge in [-0.05, 0) is 52.4 Å². The van der Waals surface area contributed by atoms with Gasteiger partial charge in [0.05, 0.1) is 28.7 Å². The first-order chi connectivity index (χ1) is 14.2. The highest BCUT2D eigenvalue weighted by atomic mass is 16.7. The van der Waals surface area contributed by atoms with Gasteiger partial charge in [0.2, 0.25) is 0 Å². The molecular weight excluding hydrogens is 362 g/mol. The highest BCUT2D eigenvalue weighted by Crippen LogP contribution is 2.42. The Morgan fingerprint density at radius 1 is 1.14 bits per heavy atom. The second-order valence-electron chi connectivity index (χ2n) is 9.17. The number of rotatable bonds is 4. The zero-order valence-electron chi connectivity index (χ0n) is 17.8. The largest absolute Gasteiger partial charge is 0.389 e. The fourth-order valence-electron chi connectivity index (χ4n) is 5.51. The zero-order valence-corrected chi connectivity index (χ0v) is 17.8. The number of aromatic nitrogens is 3. The van der Waals surface area contributed by atoms with Gasteiger partial charge >= 0.3 is 0 Å². The first-order valence-electron chi connectivity index (χ1n) is 11.6. The van der Waals surface area contributed by atoms with Gasteiger partial charge in [-0.3, -0.25) is 0 Å². The summed E-state index contributed by atoms with van der Waals surface area (Å²) in [6.45, 7) is 5.06. The molecule has 0 bridgehead atoms. The van der Waals surface area contributed by atoms with E-state index < -0.39 is 0 Å². The number of anilines is 1. The van der Waals surface area contributed by atoms with Gasteiger partial charge in [-0.2, -0.15) is 5.10 Å². The third-order valence-electron chi connectivity index (χ3n) is 7.11. The molecule has 2 saturated carbocycles. The average Bonchev–Trinajstić information content (AvgIpc) is 3.33. The topological polar surface area (TPSA) is 64.3 Å². The molecule has 2 fully saturated rings. The van der Waals surface area contributed by atoms with Crippen LogP contribution < -0.4 is 5.32 Å². The highest BCUT2D eigenvalue weighted by Gasteiger charge is 2.41. The van der Waals surface area contributed by atoms with Crippen LogP contribution in [0.2, 0.25) is 0 Å². The molecule has 6 nitrogen and oxygen atoms in total. The standard InChI is InChI=1S/C23H33N5O/c1-3-28-22-18(15-24-28)21(26-17-10-6-4-7-11-17)20(16(2)25-22)19-14-23(29-27-19)12-8-5-9-13-23/h15,17H,3-14H2,1-2H3,(H,25,26). The first kappa shape index (κ1) is 18.9. The monoisotopic (exact) mass is 395 g/mol. The maximum absolute atomic E-state index is 6.10. The van der Waals surface area contributed by atoms with Crippen LogP contribution in [0.4, 0.5) is 5.69 Å². The maximum Gasteiger partial charge on any atom is 0.160 e. The summed E-state index contributed by atoms with van der Waals surface area (Å²) < 4.78 is 1.99. The van der Waals surface area contributed by atoms with Crippen LogP contribution >= 0.6 is 0 Å². The lowest BCUT2D eigenvalue weighted by Gasteiger charge is -2.30. The van der Waals surface area contributed by atoms with Crippen LogP contribution in [0.1, 0.15) is 88.8 Å². The van der Waals surface area contributed by atoms with Crippen LogP contribution in [0.25, 0.3) is 11.0 Å². The fourth-order valence-corrected chi connectivity index (χ4v) is 5.51. The minimum atomic E-state index is -0.0787. The molecular formula is C23H33N5O. The summed E-state index contributed by atoms with van der Waals surface area (Å²) >= 11 is 0. The Hall–Kier alpha value is -2.11. The highest BCUT2D eigenvalue weighted by molar-refractivity contribution is 6.11. The van der Waals surface area contributed by atoms with Crippen molar-refractivity contribution in [2.75, 3.05) is 5.32 Å². The molecule has 3 heterocycles. The predicted molar refractivity (Wildman–Crippen MR) is 116 cm³/mol. The van der Waals surface area contributed by atoms with E-state index in [1.54, 1.807) is 0 Å². The quantitative estimate of drug-likeness (QED) is 0.760. The fraction of sp³-hybridized carbons (Fsp3) is 0.696. The molecule has 1 N–H and O–H groups in total. The maximum atomic E-state index is 6.10. The van der Waals surface area contributed by atoms with Crippen molar-refractivity contribution >= 4 is 22.4 Å². The van der Waals surface area contributed by atoms with E-state index in [9.17, 15) is 0 Å². The molecule has 0 unspecified atom stereocenters. The number of nitrogens with one attached hydrogen (secondary N) is 1. The molecule has 6 heteroatoms. The van der Waals surface area contributed by atoms with Crippen LogP contribution in [-0.4, -0.2) is 32.1 Å². The molecule has 0 saturated heterocycles. The van der Waals surface area contributed by atoms with E-state index in [1.807, 2.05) is 10.9 Å². The van der Waals surface area contributed by atoms with E-state index >= 15 is 0 Å². The molecule has 3 aliphatic rings. The number of pyridine rings is 1. The van der Waals surface area contributed by atoms with Gasteiger partial charge in [-0.15, -0.1) is 0 Å². The third kappa shape index (κ3) is 3.40. The van der Waals surface area contributed by atoms with Crippen LogP contribution in [0.15, 0.2) is 11.4 Å². The second-order valence-corrected chi connectivity index (χ2v) is 9.17. The molecule has 29 heavy (non-hydrogen) atoms. The summed E-state index contributed by atoms with van der Waals surface area (Å²) in [7, 11) is 0. The molecule has 5 rings (SSSR count). The summed E-state index contributed by atoms with van der Waals surface area (Å²) in [4.78, 5) is 11.1. The smallest absolute Gasteiger partial charge is 0.160 e. The number of nitrogens with zero attached hydrogens (tertiary/aromatic N) is 4. The summed E-state index contributed by atoms with van der Waals surface area (Å²) in [6.07, 6.45) is 15.4. The summed E-state index contributed by atoms with van der Waals surface area (Å²) in [6, 6.07) is 0.518. The Labute approximate surface area is 173 Å². The van der Waals surface area contributed by atoms with E-state index in [0.29, 0.717) is 6.04 Å². The molecule has 1 aliphatic heterocycles. The Morgan fingerprint density at radius 3 is 2.66 bits per heavy atom. The minimum absolute atomic E-state index is 0.0787. The van der Waals surface area contributed by atoms with Gasteiger partial charge in [0, 0.05) is 24.6 Å². The van der Waals surface area contributed by atoms with E-state index in [2.05, 4.69) is 29.4 Å². The lowest BCUT2D eigenvalue weighted by Crippen LogP contribution is -2.32. The average molecular weight is 396 g/mol. The molecule has 2 aromatic heterocycles. The Morgan fingerprint density at radius 2 is 1.90 bits per heavy atom. The van der Waals surface area contributed by atoms with Crippen LogP contribution in [-0.2, 0) is 11.4 Å². The predicted octanol–water partition coefficient (Wildman–Crippen LogP) is 5.33. The zero-order chi connectivity index (χ0) is 19.8. The first-order valence-corrected chi connectivity index (χ1v) is 11.6. The lowest BCUT2D eigenvalue weighted by atomic mass is 9.80. The van der Waals surface area contributed by atoms with Gasteiger partial charge in [-0.25, -0.2) is 9.67 Å². The van der Waals surface area contributed by atoms with Crippen molar-refractivity contribution in [3.63, 3.8) is 0 Å². The van der Waals surface area contributed by atoms with Crippen molar-refractivity contribution in [2.24, 2.45) is 5.16 Å². The number of hydrogen-bond acceptors (Lipinski definition) is 5. The van der Waals surface area contributed by atoms with E-state index in [-0.39, 0.29) is 5.60 Å². The third-order valence-corrected chi connectivity index (χ3v) is 7.11. The van der Waals surface area contributed by atoms with Crippen LogP contribution in [0.5, 0.6) is 0 Å². The summed E-state index contributed by atoms with van der Waals surface area (Å²) in [5, 5.41) is 14.3. The molecule has 0 aromatic carbocycles. The molecule has 1 spiro atoms. The number of hydrogen-bond donors (Lipinski definition) is 1. The molecule has 0 atom stereocenters. The Kier molecular flexibility index (Phi) is 4.96. The van der Waals surface area contributed by atoms with E-state index in [1.165, 1.54) is 57.1 Å². The van der Waals surface area contributed by atoms with Crippen molar-refractivity contribution < 1.29 is 4.84 Å². The van der Waals surface area contributed by atoms with E-state index in [4.69, 9.17) is 9.82 Å².